The Morgan fingerprint density at radius 1 is 1.24 bits per heavy atom. The summed E-state index contributed by atoms with van der Waals surface area (Å²) in [6, 6.07) is 0.716. The molecule has 1 aliphatic rings. The van der Waals surface area contributed by atoms with Crippen LogP contribution in [-0.2, 0) is 4.79 Å². The van der Waals surface area contributed by atoms with Crippen LogP contribution < -0.4 is 0 Å². The predicted octanol–water partition coefficient (Wildman–Crippen LogP) is 3.79. The van der Waals surface area contributed by atoms with Crippen LogP contribution in [0.15, 0.2) is 0 Å². The second kappa shape index (κ2) is 7.86. The van der Waals surface area contributed by atoms with Crippen LogP contribution in [0.1, 0.15) is 72.1 Å². The Morgan fingerprint density at radius 2 is 2.00 bits per heavy atom. The van der Waals surface area contributed by atoms with E-state index in [4.69, 9.17) is 0 Å². The first-order valence-corrected chi connectivity index (χ1v) is 7.45. The molecule has 0 bridgehead atoms. The van der Waals surface area contributed by atoms with Gasteiger partial charge >= 0.3 is 0 Å². The molecule has 1 fully saturated rings. The Hall–Kier alpha value is -0.370. The molecule has 1 aliphatic carbocycles. The minimum atomic E-state index is 0.217. The normalized spacial score (nSPS) is 22.2. The largest absolute Gasteiger partial charge is 0.298 e. The first-order valence-electron chi connectivity index (χ1n) is 7.45. The summed E-state index contributed by atoms with van der Waals surface area (Å²) >= 11 is 0. The highest BCUT2D eigenvalue weighted by atomic mass is 16.1. The molecule has 0 heterocycles. The van der Waals surface area contributed by atoms with Gasteiger partial charge in [0.25, 0.3) is 0 Å². The average Bonchev–Trinajstić information content (AvgIpc) is 2.49. The Labute approximate surface area is 107 Å². The van der Waals surface area contributed by atoms with Gasteiger partial charge in [0.2, 0.25) is 0 Å². The van der Waals surface area contributed by atoms with Crippen LogP contribution in [-0.4, -0.2) is 29.3 Å². The number of unbranched alkanes of at least 4 members (excludes halogenated alkanes) is 2. The first-order chi connectivity index (χ1) is 8.16. The van der Waals surface area contributed by atoms with Gasteiger partial charge in [-0.1, -0.05) is 32.6 Å². The minimum Gasteiger partial charge on any atom is -0.298 e. The number of hydrogen-bond acceptors (Lipinski definition) is 2. The van der Waals surface area contributed by atoms with Crippen LogP contribution in [0, 0.1) is 0 Å². The summed E-state index contributed by atoms with van der Waals surface area (Å²) < 4.78 is 0. The SMILES string of the molecule is CCCCCN(C(C)C)C1CCCCCC1=O. The summed E-state index contributed by atoms with van der Waals surface area (Å²) in [5.41, 5.74) is 0. The van der Waals surface area contributed by atoms with Crippen molar-refractivity contribution in [1.82, 2.24) is 4.90 Å². The molecule has 1 unspecified atom stereocenters. The summed E-state index contributed by atoms with van der Waals surface area (Å²) in [5, 5.41) is 0. The van der Waals surface area contributed by atoms with Gasteiger partial charge in [0.15, 0.2) is 0 Å². The third-order valence-electron chi connectivity index (χ3n) is 3.86. The molecule has 1 rings (SSSR count). The molecular formula is C15H29NO. The fourth-order valence-corrected chi connectivity index (χ4v) is 2.81. The highest BCUT2D eigenvalue weighted by molar-refractivity contribution is 5.84. The summed E-state index contributed by atoms with van der Waals surface area (Å²) in [6.07, 6.45) is 9.24. The van der Waals surface area contributed by atoms with Gasteiger partial charge in [-0.25, -0.2) is 0 Å². The fraction of sp³-hybridized carbons (Fsp3) is 0.933. The lowest BCUT2D eigenvalue weighted by molar-refractivity contribution is -0.125. The topological polar surface area (TPSA) is 20.3 Å². The molecule has 1 atom stereocenters. The first kappa shape index (κ1) is 14.7. The molecule has 0 aliphatic heterocycles. The molecule has 17 heavy (non-hydrogen) atoms. The average molecular weight is 239 g/mol. The van der Waals surface area contributed by atoms with Gasteiger partial charge in [-0.3, -0.25) is 9.69 Å². The molecule has 0 aromatic rings. The van der Waals surface area contributed by atoms with Crippen LogP contribution in [0.3, 0.4) is 0 Å². The molecule has 2 nitrogen and oxygen atoms in total. The number of rotatable bonds is 6. The lowest BCUT2D eigenvalue weighted by atomic mass is 10.0. The van der Waals surface area contributed by atoms with Gasteiger partial charge in [-0.15, -0.1) is 0 Å². The van der Waals surface area contributed by atoms with E-state index in [0.29, 0.717) is 11.8 Å². The zero-order valence-corrected chi connectivity index (χ0v) is 11.9. The van der Waals surface area contributed by atoms with E-state index >= 15 is 0 Å². The molecule has 1 saturated carbocycles. The van der Waals surface area contributed by atoms with Crippen LogP contribution in [0.5, 0.6) is 0 Å². The van der Waals surface area contributed by atoms with Crippen molar-refractivity contribution in [3.63, 3.8) is 0 Å². The molecule has 100 valence electrons. The maximum Gasteiger partial charge on any atom is 0.149 e. The van der Waals surface area contributed by atoms with E-state index in [-0.39, 0.29) is 6.04 Å². The third-order valence-corrected chi connectivity index (χ3v) is 3.86. The Bertz CT molecular complexity index is 225. The van der Waals surface area contributed by atoms with E-state index in [1.165, 1.54) is 32.1 Å². The highest BCUT2D eigenvalue weighted by Gasteiger charge is 2.28. The molecule has 0 amide bonds. The van der Waals surface area contributed by atoms with Crippen molar-refractivity contribution in [2.75, 3.05) is 6.54 Å². The standard InChI is InChI=1S/C15H29NO/c1-4-5-9-12-16(13(2)3)14-10-7-6-8-11-15(14)17/h13-14H,4-12H2,1-3H3. The van der Waals surface area contributed by atoms with E-state index < -0.39 is 0 Å². The lowest BCUT2D eigenvalue weighted by Crippen LogP contribution is -2.45. The summed E-state index contributed by atoms with van der Waals surface area (Å²) in [7, 11) is 0. The maximum absolute atomic E-state index is 12.2. The molecule has 0 aromatic carbocycles. The molecule has 0 saturated heterocycles. The molecule has 2 heteroatoms. The number of carbonyl (C=O) groups is 1. The van der Waals surface area contributed by atoms with Crippen LogP contribution >= 0.6 is 0 Å². The zero-order chi connectivity index (χ0) is 12.7. The van der Waals surface area contributed by atoms with Crippen LogP contribution in [0.25, 0.3) is 0 Å². The molecule has 0 aromatic heterocycles. The highest BCUT2D eigenvalue weighted by Crippen LogP contribution is 2.21. The van der Waals surface area contributed by atoms with Gasteiger partial charge in [0, 0.05) is 12.5 Å². The zero-order valence-electron chi connectivity index (χ0n) is 11.9. The predicted molar refractivity (Wildman–Crippen MR) is 73.2 cm³/mol. The van der Waals surface area contributed by atoms with Crippen molar-refractivity contribution < 1.29 is 4.79 Å². The Morgan fingerprint density at radius 3 is 2.65 bits per heavy atom. The lowest BCUT2D eigenvalue weighted by Gasteiger charge is -2.33. The number of hydrogen-bond donors (Lipinski definition) is 0. The quantitative estimate of drug-likeness (QED) is 0.519. The van der Waals surface area contributed by atoms with E-state index in [9.17, 15) is 4.79 Å². The van der Waals surface area contributed by atoms with Crippen molar-refractivity contribution in [3.05, 3.63) is 0 Å². The van der Waals surface area contributed by atoms with Crippen molar-refractivity contribution >= 4 is 5.78 Å². The van der Waals surface area contributed by atoms with Gasteiger partial charge in [-0.2, -0.15) is 0 Å². The van der Waals surface area contributed by atoms with Crippen molar-refractivity contribution in [2.45, 2.75) is 84.2 Å². The van der Waals surface area contributed by atoms with Crippen molar-refractivity contribution in [2.24, 2.45) is 0 Å². The minimum absolute atomic E-state index is 0.217. The third kappa shape index (κ3) is 4.79. The van der Waals surface area contributed by atoms with Gasteiger partial charge in [-0.05, 0) is 39.7 Å². The second-order valence-corrected chi connectivity index (χ2v) is 5.62. The van der Waals surface area contributed by atoms with Crippen LogP contribution in [0.2, 0.25) is 0 Å². The molecule has 0 N–H and O–H groups in total. The number of Topliss-reactive ketones (excluding diaryl/α,β-unsaturated/α-hetero) is 1. The monoisotopic (exact) mass is 239 g/mol. The fourth-order valence-electron chi connectivity index (χ4n) is 2.81. The van der Waals surface area contributed by atoms with E-state index in [1.807, 2.05) is 0 Å². The van der Waals surface area contributed by atoms with E-state index in [0.717, 1.165) is 25.8 Å². The maximum atomic E-state index is 12.2. The molecular weight excluding hydrogens is 210 g/mol. The van der Waals surface area contributed by atoms with Crippen molar-refractivity contribution in [3.8, 4) is 0 Å². The van der Waals surface area contributed by atoms with E-state index in [2.05, 4.69) is 25.7 Å². The summed E-state index contributed by atoms with van der Waals surface area (Å²) in [6.45, 7) is 7.78. The summed E-state index contributed by atoms with van der Waals surface area (Å²) in [5.74, 6) is 0.493. The number of ketones is 1. The molecule has 0 radical (unpaired) electrons. The van der Waals surface area contributed by atoms with E-state index in [1.54, 1.807) is 0 Å². The van der Waals surface area contributed by atoms with Crippen LogP contribution in [0.4, 0.5) is 0 Å². The van der Waals surface area contributed by atoms with Gasteiger partial charge in [0.1, 0.15) is 5.78 Å². The number of carbonyl (C=O) groups excluding carboxylic acids is 1. The van der Waals surface area contributed by atoms with Crippen molar-refractivity contribution in [1.29, 1.82) is 0 Å². The smallest absolute Gasteiger partial charge is 0.149 e. The Kier molecular flexibility index (Phi) is 6.79. The molecule has 0 spiro atoms. The summed E-state index contributed by atoms with van der Waals surface area (Å²) in [4.78, 5) is 14.6. The van der Waals surface area contributed by atoms with Gasteiger partial charge in [0.05, 0.1) is 6.04 Å². The second-order valence-electron chi connectivity index (χ2n) is 5.62. The number of nitrogens with zero attached hydrogens (tertiary/aromatic N) is 1. The Balaban J connectivity index is 2.57. The van der Waals surface area contributed by atoms with Gasteiger partial charge < -0.3 is 0 Å².